The summed E-state index contributed by atoms with van der Waals surface area (Å²) < 4.78 is 0. The molecule has 0 N–H and O–H groups in total. The molecule has 0 spiro atoms. The lowest BCUT2D eigenvalue weighted by molar-refractivity contribution is -0.135. The lowest BCUT2D eigenvalue weighted by Gasteiger charge is -2.68. The van der Waals surface area contributed by atoms with Crippen molar-refractivity contribution in [2.45, 2.75) is 99.8 Å². The summed E-state index contributed by atoms with van der Waals surface area (Å²) in [5.41, 5.74) is 5.53. The summed E-state index contributed by atoms with van der Waals surface area (Å²) in [5.74, 6) is 2.34. The summed E-state index contributed by atoms with van der Waals surface area (Å²) in [5, 5.41) is 0. The predicted octanol–water partition coefficient (Wildman–Crippen LogP) is 8.07. The molecule has 31 heavy (non-hydrogen) atoms. The van der Waals surface area contributed by atoms with Crippen molar-refractivity contribution in [1.82, 2.24) is 0 Å². The quantitative estimate of drug-likeness (QED) is 0.362. The summed E-state index contributed by atoms with van der Waals surface area (Å²) in [7, 11) is 0. The highest BCUT2D eigenvalue weighted by Gasteiger charge is 2.66. The van der Waals surface area contributed by atoms with Crippen LogP contribution in [0.2, 0.25) is 0 Å². The van der Waals surface area contributed by atoms with Gasteiger partial charge in [-0.1, -0.05) is 70.1 Å². The van der Waals surface area contributed by atoms with Gasteiger partial charge < -0.3 is 0 Å². The van der Waals surface area contributed by atoms with Gasteiger partial charge in [0, 0.05) is 11.8 Å². The number of hydrogen-bond donors (Lipinski definition) is 0. The number of Topliss-reactive ketones (excluding diaryl/α,β-unsaturated/α-hetero) is 1. The molecule has 0 radical (unpaired) electrons. The van der Waals surface area contributed by atoms with E-state index in [1.54, 1.807) is 5.57 Å². The highest BCUT2D eigenvalue weighted by atomic mass is 16.1. The third-order valence-corrected chi connectivity index (χ3v) is 12.0. The second kappa shape index (κ2) is 6.27. The highest BCUT2D eigenvalue weighted by Crippen LogP contribution is 2.74. The van der Waals surface area contributed by atoms with Crippen molar-refractivity contribution in [3.63, 3.8) is 0 Å². The first-order chi connectivity index (χ1) is 14.3. The molecule has 3 fully saturated rings. The maximum atomic E-state index is 12.8. The van der Waals surface area contributed by atoms with Crippen LogP contribution in [0.15, 0.2) is 35.5 Å². The van der Waals surface area contributed by atoms with E-state index in [-0.39, 0.29) is 21.7 Å². The minimum absolute atomic E-state index is 0.151. The Morgan fingerprint density at radius 1 is 0.935 bits per heavy atom. The van der Waals surface area contributed by atoms with E-state index in [2.05, 4.69) is 67.2 Å². The maximum absolute atomic E-state index is 12.8. The summed E-state index contributed by atoms with van der Waals surface area (Å²) in [6.07, 6.45) is 14.5. The number of hydrogen-bond acceptors (Lipinski definition) is 1. The zero-order chi connectivity index (χ0) is 22.6. The Bertz CT molecular complexity index is 917. The van der Waals surface area contributed by atoms with Crippen molar-refractivity contribution in [3.05, 3.63) is 35.5 Å². The number of allylic oxidation sites excluding steroid dienone is 5. The molecular formula is C30H44O. The van der Waals surface area contributed by atoms with Gasteiger partial charge in [0.2, 0.25) is 0 Å². The molecule has 1 heteroatoms. The summed E-state index contributed by atoms with van der Waals surface area (Å²) >= 11 is 0. The fourth-order valence-corrected chi connectivity index (χ4v) is 9.65. The van der Waals surface area contributed by atoms with Crippen LogP contribution in [0, 0.1) is 44.8 Å². The third-order valence-electron chi connectivity index (χ3n) is 12.0. The second-order valence-electron chi connectivity index (χ2n) is 13.6. The zero-order valence-corrected chi connectivity index (χ0v) is 21.2. The first-order valence-electron chi connectivity index (χ1n) is 12.9. The summed E-state index contributed by atoms with van der Waals surface area (Å²) in [6.45, 7) is 21.7. The molecule has 0 heterocycles. The Hall–Kier alpha value is -1.11. The van der Waals surface area contributed by atoms with Gasteiger partial charge in [-0.05, 0) is 98.2 Å². The largest absolute Gasteiger partial charge is 0.299 e. The van der Waals surface area contributed by atoms with Gasteiger partial charge in [0.25, 0.3) is 0 Å². The van der Waals surface area contributed by atoms with Crippen molar-refractivity contribution >= 4 is 5.78 Å². The summed E-state index contributed by atoms with van der Waals surface area (Å²) in [4.78, 5) is 12.8. The van der Waals surface area contributed by atoms with Crippen molar-refractivity contribution in [2.75, 3.05) is 0 Å². The molecular weight excluding hydrogens is 376 g/mol. The fourth-order valence-electron chi connectivity index (χ4n) is 9.65. The van der Waals surface area contributed by atoms with Gasteiger partial charge in [-0.3, -0.25) is 4.79 Å². The number of ketones is 1. The molecule has 3 saturated carbocycles. The van der Waals surface area contributed by atoms with Crippen LogP contribution in [0.25, 0.3) is 0 Å². The molecule has 5 rings (SSSR count). The Labute approximate surface area is 190 Å². The SMILES string of the molecule is C=C1CC[C@]2(C)CC[C@]3(C)C(=CC[C@@H]4[C@@]5(C)CCC(=O)C(C)(C)C5=CC[C@]43C)[C@H]2[C@@H]1C. The number of rotatable bonds is 0. The van der Waals surface area contributed by atoms with E-state index in [4.69, 9.17) is 0 Å². The molecule has 0 aliphatic heterocycles. The normalized spacial score (nSPS) is 51.0. The molecule has 1 nitrogen and oxygen atoms in total. The van der Waals surface area contributed by atoms with Crippen LogP contribution in [0.1, 0.15) is 99.8 Å². The van der Waals surface area contributed by atoms with E-state index < -0.39 is 0 Å². The Kier molecular flexibility index (Phi) is 4.39. The lowest BCUT2D eigenvalue weighted by Crippen LogP contribution is -2.61. The van der Waals surface area contributed by atoms with Gasteiger partial charge in [-0.15, -0.1) is 0 Å². The van der Waals surface area contributed by atoms with Crippen LogP contribution in [0.3, 0.4) is 0 Å². The molecule has 5 aliphatic carbocycles. The average molecular weight is 421 g/mol. The molecule has 0 aromatic rings. The molecule has 5 aliphatic rings. The first kappa shape index (κ1) is 21.7. The van der Waals surface area contributed by atoms with Gasteiger partial charge in [0.15, 0.2) is 0 Å². The van der Waals surface area contributed by atoms with Crippen LogP contribution in [-0.2, 0) is 4.79 Å². The predicted molar refractivity (Wildman–Crippen MR) is 130 cm³/mol. The van der Waals surface area contributed by atoms with E-state index in [0.717, 1.165) is 19.3 Å². The van der Waals surface area contributed by atoms with Gasteiger partial charge >= 0.3 is 0 Å². The molecule has 0 bridgehead atoms. The van der Waals surface area contributed by atoms with E-state index in [0.29, 0.717) is 29.0 Å². The summed E-state index contributed by atoms with van der Waals surface area (Å²) in [6, 6.07) is 0. The van der Waals surface area contributed by atoms with E-state index in [1.807, 2.05) is 0 Å². The Morgan fingerprint density at radius 2 is 1.65 bits per heavy atom. The van der Waals surface area contributed by atoms with Crippen LogP contribution in [-0.4, -0.2) is 5.78 Å². The fraction of sp³-hybridized carbons (Fsp3) is 0.767. The van der Waals surface area contributed by atoms with Crippen molar-refractivity contribution in [2.24, 2.45) is 44.8 Å². The molecule has 0 aromatic carbocycles. The smallest absolute Gasteiger partial charge is 0.142 e. The van der Waals surface area contributed by atoms with Gasteiger partial charge in [-0.2, -0.15) is 0 Å². The van der Waals surface area contributed by atoms with E-state index in [9.17, 15) is 4.79 Å². The monoisotopic (exact) mass is 420 g/mol. The number of carbonyl (C=O) groups excluding carboxylic acids is 1. The topological polar surface area (TPSA) is 17.1 Å². The van der Waals surface area contributed by atoms with Crippen LogP contribution >= 0.6 is 0 Å². The molecule has 0 saturated heterocycles. The van der Waals surface area contributed by atoms with E-state index >= 15 is 0 Å². The van der Waals surface area contributed by atoms with E-state index in [1.165, 1.54) is 43.3 Å². The average Bonchev–Trinajstić information content (AvgIpc) is 2.69. The number of fused-ring (bicyclic) bond motifs is 7. The molecule has 7 atom stereocenters. The Morgan fingerprint density at radius 3 is 2.35 bits per heavy atom. The first-order valence-corrected chi connectivity index (χ1v) is 12.9. The van der Waals surface area contributed by atoms with Crippen molar-refractivity contribution in [1.29, 1.82) is 0 Å². The molecule has 0 unspecified atom stereocenters. The van der Waals surface area contributed by atoms with Gasteiger partial charge in [0.1, 0.15) is 5.78 Å². The van der Waals surface area contributed by atoms with Gasteiger partial charge in [-0.25, -0.2) is 0 Å². The zero-order valence-electron chi connectivity index (χ0n) is 21.2. The van der Waals surface area contributed by atoms with Gasteiger partial charge in [0.05, 0.1) is 0 Å². The standard InChI is InChI=1S/C30H44O/c1-19-11-14-27(5)17-18-29(7)21(25(27)20(19)2)9-10-23-28(6)15-13-24(31)26(3,4)22(28)12-16-30(23,29)8/h9,12,20,23,25H,1,10-11,13-18H2,2-8H3/t20-,23-,25-,27-,28+,29-,30-/m1/s1. The molecule has 0 amide bonds. The van der Waals surface area contributed by atoms with Crippen molar-refractivity contribution in [3.8, 4) is 0 Å². The molecule has 0 aromatic heterocycles. The minimum atomic E-state index is -0.292. The van der Waals surface area contributed by atoms with Crippen LogP contribution in [0.4, 0.5) is 0 Å². The second-order valence-corrected chi connectivity index (χ2v) is 13.6. The van der Waals surface area contributed by atoms with Crippen LogP contribution in [0.5, 0.6) is 0 Å². The number of carbonyl (C=O) groups is 1. The maximum Gasteiger partial charge on any atom is 0.142 e. The Balaban J connectivity index is 1.63. The third kappa shape index (κ3) is 2.47. The molecule has 170 valence electrons. The van der Waals surface area contributed by atoms with Crippen molar-refractivity contribution < 1.29 is 4.79 Å². The highest BCUT2D eigenvalue weighted by molar-refractivity contribution is 5.89. The van der Waals surface area contributed by atoms with Crippen LogP contribution < -0.4 is 0 Å². The minimum Gasteiger partial charge on any atom is -0.299 e. The lowest BCUT2D eigenvalue weighted by atomic mass is 9.35.